The van der Waals surface area contributed by atoms with Gasteiger partial charge >= 0.3 is 0 Å². The van der Waals surface area contributed by atoms with Crippen LogP contribution in [0, 0.1) is 6.92 Å². The number of hydrogen-bond acceptors (Lipinski definition) is 3. The average Bonchev–Trinajstić information content (AvgIpc) is 2.71. The quantitative estimate of drug-likeness (QED) is 0.476. The zero-order valence-electron chi connectivity index (χ0n) is 16.1. The highest BCUT2D eigenvalue weighted by atomic mass is 79.9. The Labute approximate surface area is 189 Å². The van der Waals surface area contributed by atoms with E-state index >= 15 is 0 Å². The van der Waals surface area contributed by atoms with E-state index in [2.05, 4.69) is 26.0 Å². The smallest absolute Gasteiger partial charge is 0.242 e. The Kier molecular flexibility index (Phi) is 7.31. The maximum Gasteiger partial charge on any atom is 0.242 e. The summed E-state index contributed by atoms with van der Waals surface area (Å²) in [6, 6.07) is 19.6. The first-order chi connectivity index (χ1) is 14.2. The second-order valence-electron chi connectivity index (χ2n) is 6.77. The lowest BCUT2D eigenvalue weighted by atomic mass is 10.1. The molecule has 3 aromatic rings. The first-order valence-corrected chi connectivity index (χ1v) is 11.8. The molecule has 2 N–H and O–H groups in total. The number of benzene rings is 3. The molecule has 0 saturated heterocycles. The zero-order chi connectivity index (χ0) is 21.7. The van der Waals surface area contributed by atoms with Crippen molar-refractivity contribution in [2.75, 3.05) is 5.32 Å². The number of carbonyl (C=O) groups is 1. The highest BCUT2D eigenvalue weighted by Gasteiger charge is 2.26. The van der Waals surface area contributed by atoms with Gasteiger partial charge in [0.2, 0.25) is 15.9 Å². The third kappa shape index (κ3) is 5.92. The SMILES string of the molecule is Cc1ccc(NC(=O)[C@H](Cc2ccccc2)NS(=O)(=O)c2ccc(Br)cc2)cc1Cl. The number of halogens is 2. The minimum Gasteiger partial charge on any atom is -0.325 e. The molecule has 0 saturated carbocycles. The second-order valence-corrected chi connectivity index (χ2v) is 9.81. The van der Waals surface area contributed by atoms with Crippen LogP contribution in [0.25, 0.3) is 0 Å². The van der Waals surface area contributed by atoms with E-state index in [4.69, 9.17) is 11.6 Å². The Morgan fingerprint density at radius 1 is 1.03 bits per heavy atom. The number of sulfonamides is 1. The number of hydrogen-bond donors (Lipinski definition) is 2. The van der Waals surface area contributed by atoms with Gasteiger partial charge in [-0.05, 0) is 60.9 Å². The largest absolute Gasteiger partial charge is 0.325 e. The Bertz CT molecular complexity index is 1140. The van der Waals surface area contributed by atoms with E-state index in [9.17, 15) is 13.2 Å². The van der Waals surface area contributed by atoms with Crippen molar-refractivity contribution >= 4 is 49.1 Å². The molecule has 5 nitrogen and oxygen atoms in total. The van der Waals surface area contributed by atoms with Crippen LogP contribution in [-0.4, -0.2) is 20.4 Å². The number of aryl methyl sites for hydroxylation is 1. The Balaban J connectivity index is 1.86. The monoisotopic (exact) mass is 506 g/mol. The van der Waals surface area contributed by atoms with Gasteiger partial charge in [0.15, 0.2) is 0 Å². The molecule has 30 heavy (non-hydrogen) atoms. The first-order valence-electron chi connectivity index (χ1n) is 9.13. The third-order valence-corrected chi connectivity index (χ3v) is 6.88. The van der Waals surface area contributed by atoms with E-state index in [0.29, 0.717) is 10.7 Å². The van der Waals surface area contributed by atoms with E-state index in [-0.39, 0.29) is 11.3 Å². The minimum absolute atomic E-state index is 0.0787. The van der Waals surface area contributed by atoms with E-state index in [0.717, 1.165) is 15.6 Å². The fourth-order valence-corrected chi connectivity index (χ4v) is 4.45. The predicted molar refractivity (Wildman–Crippen MR) is 123 cm³/mol. The highest BCUT2D eigenvalue weighted by Crippen LogP contribution is 2.21. The molecule has 0 radical (unpaired) electrons. The van der Waals surface area contributed by atoms with E-state index in [1.807, 2.05) is 37.3 Å². The van der Waals surface area contributed by atoms with Crippen LogP contribution in [-0.2, 0) is 21.2 Å². The highest BCUT2D eigenvalue weighted by molar-refractivity contribution is 9.10. The van der Waals surface area contributed by atoms with Gasteiger partial charge in [0.1, 0.15) is 6.04 Å². The molecule has 0 heterocycles. The topological polar surface area (TPSA) is 75.3 Å². The number of amides is 1. The van der Waals surface area contributed by atoms with Crippen LogP contribution >= 0.6 is 27.5 Å². The van der Waals surface area contributed by atoms with Gasteiger partial charge in [-0.2, -0.15) is 4.72 Å². The summed E-state index contributed by atoms with van der Waals surface area (Å²) in [6.45, 7) is 1.86. The molecule has 0 spiro atoms. The van der Waals surface area contributed by atoms with Gasteiger partial charge in [-0.15, -0.1) is 0 Å². The molecular weight excluding hydrogens is 488 g/mol. The maximum absolute atomic E-state index is 13.0. The molecule has 0 aliphatic carbocycles. The van der Waals surface area contributed by atoms with Crippen LogP contribution in [0.5, 0.6) is 0 Å². The third-order valence-electron chi connectivity index (χ3n) is 4.46. The van der Waals surface area contributed by atoms with Gasteiger partial charge in [0.25, 0.3) is 0 Å². The normalized spacial score (nSPS) is 12.4. The van der Waals surface area contributed by atoms with Gasteiger partial charge in [-0.3, -0.25) is 4.79 Å². The molecule has 0 unspecified atom stereocenters. The molecule has 3 aromatic carbocycles. The molecule has 0 aliphatic heterocycles. The summed E-state index contributed by atoms with van der Waals surface area (Å²) in [5, 5.41) is 3.27. The maximum atomic E-state index is 13.0. The lowest BCUT2D eigenvalue weighted by Crippen LogP contribution is -2.45. The zero-order valence-corrected chi connectivity index (χ0v) is 19.3. The van der Waals surface area contributed by atoms with Crippen molar-refractivity contribution in [2.24, 2.45) is 0 Å². The molecule has 0 bridgehead atoms. The van der Waals surface area contributed by atoms with Crippen molar-refractivity contribution in [3.05, 3.63) is 93.4 Å². The van der Waals surface area contributed by atoms with Gasteiger partial charge in [-0.25, -0.2) is 8.42 Å². The predicted octanol–water partition coefficient (Wildman–Crippen LogP) is 4.94. The Hall–Kier alpha value is -2.19. The molecule has 0 aromatic heterocycles. The van der Waals surface area contributed by atoms with Crippen molar-refractivity contribution in [1.82, 2.24) is 4.72 Å². The number of rotatable bonds is 7. The lowest BCUT2D eigenvalue weighted by Gasteiger charge is -2.19. The van der Waals surface area contributed by atoms with Crippen LogP contribution in [0.1, 0.15) is 11.1 Å². The van der Waals surface area contributed by atoms with Crippen molar-refractivity contribution < 1.29 is 13.2 Å². The molecule has 3 rings (SSSR count). The molecule has 1 amide bonds. The number of anilines is 1. The molecular formula is C22H20BrClN2O3S. The lowest BCUT2D eigenvalue weighted by molar-refractivity contribution is -0.117. The molecule has 0 aliphatic rings. The Morgan fingerprint density at radius 2 is 1.70 bits per heavy atom. The van der Waals surface area contributed by atoms with Crippen molar-refractivity contribution in [3.8, 4) is 0 Å². The summed E-state index contributed by atoms with van der Waals surface area (Å²) in [4.78, 5) is 13.1. The fraction of sp³-hybridized carbons (Fsp3) is 0.136. The minimum atomic E-state index is -3.91. The van der Waals surface area contributed by atoms with Crippen LogP contribution in [0.15, 0.2) is 82.2 Å². The van der Waals surface area contributed by atoms with Crippen LogP contribution in [0.4, 0.5) is 5.69 Å². The molecule has 0 fully saturated rings. The van der Waals surface area contributed by atoms with Gasteiger partial charge in [-0.1, -0.05) is 63.9 Å². The standard InChI is InChI=1S/C22H20BrClN2O3S/c1-15-7-10-18(14-20(15)24)25-22(27)21(13-16-5-3-2-4-6-16)26-30(28,29)19-11-8-17(23)9-12-19/h2-12,14,21,26H,13H2,1H3,(H,25,27)/t21-/m0/s1. The molecule has 8 heteroatoms. The Morgan fingerprint density at radius 3 is 2.33 bits per heavy atom. The van der Waals surface area contributed by atoms with Crippen molar-refractivity contribution in [1.29, 1.82) is 0 Å². The van der Waals surface area contributed by atoms with Crippen molar-refractivity contribution in [2.45, 2.75) is 24.3 Å². The van der Waals surface area contributed by atoms with Gasteiger partial charge in [0.05, 0.1) is 4.90 Å². The van der Waals surface area contributed by atoms with E-state index in [1.165, 1.54) is 12.1 Å². The number of nitrogens with one attached hydrogen (secondary N) is 2. The summed E-state index contributed by atoms with van der Waals surface area (Å²) in [5.74, 6) is -0.473. The summed E-state index contributed by atoms with van der Waals surface area (Å²) in [5.41, 5.74) is 2.21. The first kappa shape index (κ1) is 22.5. The fourth-order valence-electron chi connectivity index (χ4n) is 2.81. The van der Waals surface area contributed by atoms with Gasteiger partial charge < -0.3 is 5.32 Å². The molecule has 1 atom stereocenters. The van der Waals surface area contributed by atoms with Crippen molar-refractivity contribution in [3.63, 3.8) is 0 Å². The summed E-state index contributed by atoms with van der Waals surface area (Å²) < 4.78 is 29.0. The second kappa shape index (κ2) is 9.75. The number of carbonyl (C=O) groups excluding carboxylic acids is 1. The van der Waals surface area contributed by atoms with Crippen LogP contribution in [0.3, 0.4) is 0 Å². The van der Waals surface area contributed by atoms with E-state index < -0.39 is 22.0 Å². The van der Waals surface area contributed by atoms with Gasteiger partial charge in [0, 0.05) is 15.2 Å². The van der Waals surface area contributed by atoms with Crippen LogP contribution < -0.4 is 10.0 Å². The summed E-state index contributed by atoms with van der Waals surface area (Å²) in [6.07, 6.45) is 0.196. The van der Waals surface area contributed by atoms with E-state index in [1.54, 1.807) is 30.3 Å². The summed E-state index contributed by atoms with van der Waals surface area (Å²) in [7, 11) is -3.91. The molecule has 156 valence electrons. The summed E-state index contributed by atoms with van der Waals surface area (Å²) >= 11 is 9.43. The average molecular weight is 508 g/mol. The van der Waals surface area contributed by atoms with Crippen LogP contribution in [0.2, 0.25) is 5.02 Å².